The average Bonchev–Trinajstić information content (AvgIpc) is 2.56. The van der Waals surface area contributed by atoms with Crippen molar-refractivity contribution < 1.29 is 18.7 Å². The van der Waals surface area contributed by atoms with Crippen molar-refractivity contribution in [3.63, 3.8) is 0 Å². The summed E-state index contributed by atoms with van der Waals surface area (Å²) < 4.78 is 24.4. The van der Waals surface area contributed by atoms with Crippen molar-refractivity contribution in [1.29, 1.82) is 0 Å². The molecule has 0 spiro atoms. The van der Waals surface area contributed by atoms with Crippen molar-refractivity contribution in [1.82, 2.24) is 0 Å². The highest BCUT2D eigenvalue weighted by molar-refractivity contribution is 5.92. The second-order valence-electron chi connectivity index (χ2n) is 4.75. The highest BCUT2D eigenvalue weighted by Gasteiger charge is 2.13. The van der Waals surface area contributed by atoms with Gasteiger partial charge in [0, 0.05) is 0 Å². The molecule has 0 aliphatic heterocycles. The predicted molar refractivity (Wildman–Crippen MR) is 81.9 cm³/mol. The van der Waals surface area contributed by atoms with Gasteiger partial charge in [0.1, 0.15) is 5.75 Å². The Kier molecular flexibility index (Phi) is 3.74. The quantitative estimate of drug-likeness (QED) is 0.536. The molecule has 0 heterocycles. The molecule has 0 atom stereocenters. The van der Waals surface area contributed by atoms with Crippen molar-refractivity contribution in [2.24, 2.45) is 0 Å². The van der Waals surface area contributed by atoms with Gasteiger partial charge in [-0.1, -0.05) is 24.3 Å². The minimum absolute atomic E-state index is 0.0912. The maximum Gasteiger partial charge on any atom is 0.343 e. The number of carbonyl (C=O) groups excluding carboxylic acids is 1. The van der Waals surface area contributed by atoms with Gasteiger partial charge in [0.2, 0.25) is 0 Å². The number of ether oxygens (including phenoxy) is 2. The van der Waals surface area contributed by atoms with Gasteiger partial charge < -0.3 is 9.47 Å². The molecule has 0 saturated heterocycles. The van der Waals surface area contributed by atoms with E-state index < -0.39 is 11.8 Å². The fourth-order valence-electron chi connectivity index (χ4n) is 2.17. The number of hydrogen-bond donors (Lipinski definition) is 0. The summed E-state index contributed by atoms with van der Waals surface area (Å²) in [6.07, 6.45) is 0. The Morgan fingerprint density at radius 1 is 0.955 bits per heavy atom. The van der Waals surface area contributed by atoms with Crippen LogP contribution in [0, 0.1) is 5.82 Å². The number of rotatable bonds is 3. The molecule has 3 aromatic carbocycles. The molecule has 0 saturated carbocycles. The first-order chi connectivity index (χ1) is 10.7. The van der Waals surface area contributed by atoms with Crippen LogP contribution >= 0.6 is 0 Å². The summed E-state index contributed by atoms with van der Waals surface area (Å²) in [5.41, 5.74) is 0.372. The molecule has 0 aliphatic rings. The molecule has 0 bridgehead atoms. The predicted octanol–water partition coefficient (Wildman–Crippen LogP) is 4.21. The van der Waals surface area contributed by atoms with Crippen LogP contribution in [0.1, 0.15) is 10.4 Å². The van der Waals surface area contributed by atoms with E-state index in [0.717, 1.165) is 5.39 Å². The molecular formula is C18H13FO3. The van der Waals surface area contributed by atoms with E-state index in [4.69, 9.17) is 9.47 Å². The molecule has 3 nitrogen and oxygen atoms in total. The van der Waals surface area contributed by atoms with E-state index in [9.17, 15) is 9.18 Å². The molecule has 0 unspecified atom stereocenters. The van der Waals surface area contributed by atoms with Crippen molar-refractivity contribution >= 4 is 16.7 Å². The lowest BCUT2D eigenvalue weighted by molar-refractivity contribution is 0.0728. The second kappa shape index (κ2) is 5.85. The molecule has 22 heavy (non-hydrogen) atoms. The smallest absolute Gasteiger partial charge is 0.343 e. The van der Waals surface area contributed by atoms with Gasteiger partial charge in [-0.25, -0.2) is 9.18 Å². The van der Waals surface area contributed by atoms with Crippen molar-refractivity contribution in [3.05, 3.63) is 72.0 Å². The maximum atomic E-state index is 14.1. The van der Waals surface area contributed by atoms with Crippen LogP contribution in [0.4, 0.5) is 4.39 Å². The third kappa shape index (κ3) is 2.76. The van der Waals surface area contributed by atoms with Gasteiger partial charge in [-0.15, -0.1) is 0 Å². The summed E-state index contributed by atoms with van der Waals surface area (Å²) in [5, 5.41) is 1.44. The summed E-state index contributed by atoms with van der Waals surface area (Å²) in [7, 11) is 1.55. The minimum Gasteiger partial charge on any atom is -0.497 e. The largest absolute Gasteiger partial charge is 0.497 e. The zero-order valence-corrected chi connectivity index (χ0v) is 11.9. The lowest BCUT2D eigenvalue weighted by atomic mass is 10.1. The Morgan fingerprint density at radius 3 is 2.45 bits per heavy atom. The number of benzene rings is 3. The lowest BCUT2D eigenvalue weighted by Gasteiger charge is -2.08. The lowest BCUT2D eigenvalue weighted by Crippen LogP contribution is -2.09. The highest BCUT2D eigenvalue weighted by Crippen LogP contribution is 2.28. The van der Waals surface area contributed by atoms with Crippen molar-refractivity contribution in [2.75, 3.05) is 7.11 Å². The molecule has 0 radical (unpaired) electrons. The van der Waals surface area contributed by atoms with E-state index in [1.807, 2.05) is 0 Å². The Balaban J connectivity index is 1.94. The average molecular weight is 296 g/mol. The molecule has 3 rings (SSSR count). The summed E-state index contributed by atoms with van der Waals surface area (Å²) >= 11 is 0. The van der Waals surface area contributed by atoms with E-state index in [1.54, 1.807) is 55.6 Å². The van der Waals surface area contributed by atoms with Crippen molar-refractivity contribution in [2.45, 2.75) is 0 Å². The van der Waals surface area contributed by atoms with Gasteiger partial charge in [0.05, 0.1) is 12.7 Å². The first-order valence-electron chi connectivity index (χ1n) is 6.72. The minimum atomic E-state index is -0.593. The molecule has 4 heteroatoms. The van der Waals surface area contributed by atoms with E-state index in [-0.39, 0.29) is 5.75 Å². The molecule has 0 fully saturated rings. The van der Waals surface area contributed by atoms with Crippen LogP contribution in [0.2, 0.25) is 0 Å². The van der Waals surface area contributed by atoms with Crippen LogP contribution in [-0.2, 0) is 0 Å². The second-order valence-corrected chi connectivity index (χ2v) is 4.75. The topological polar surface area (TPSA) is 35.5 Å². The number of hydrogen-bond acceptors (Lipinski definition) is 3. The summed E-state index contributed by atoms with van der Waals surface area (Å²) in [4.78, 5) is 12.0. The Bertz CT molecular complexity index is 828. The van der Waals surface area contributed by atoms with Crippen LogP contribution < -0.4 is 9.47 Å². The number of carbonyl (C=O) groups is 1. The van der Waals surface area contributed by atoms with Crippen molar-refractivity contribution in [3.8, 4) is 11.5 Å². The first kappa shape index (κ1) is 14.1. The molecule has 0 N–H and O–H groups in total. The standard InChI is InChI=1S/C18H13FO3/c1-21-15-8-7-13-11-17(16(19)10-14(13)9-15)22-18(20)12-5-3-2-4-6-12/h2-11H,1H3. The van der Waals surface area contributed by atoms with Gasteiger partial charge in [-0.05, 0) is 47.2 Å². The van der Waals surface area contributed by atoms with Crippen LogP contribution in [0.3, 0.4) is 0 Å². The first-order valence-corrected chi connectivity index (χ1v) is 6.72. The number of halogens is 1. The summed E-state index contributed by atoms with van der Waals surface area (Å²) in [5.74, 6) is -0.634. The van der Waals surface area contributed by atoms with Gasteiger partial charge in [-0.3, -0.25) is 0 Å². The van der Waals surface area contributed by atoms with Gasteiger partial charge in [-0.2, -0.15) is 0 Å². The molecule has 0 aromatic heterocycles. The van der Waals surface area contributed by atoms with Gasteiger partial charge in [0.25, 0.3) is 0 Å². The summed E-state index contributed by atoms with van der Waals surface area (Å²) in [6, 6.07) is 16.6. The normalized spacial score (nSPS) is 10.5. The molecule has 0 aliphatic carbocycles. The third-order valence-electron chi connectivity index (χ3n) is 3.31. The zero-order valence-electron chi connectivity index (χ0n) is 11.9. The fraction of sp³-hybridized carbons (Fsp3) is 0.0556. The molecule has 110 valence electrons. The third-order valence-corrected chi connectivity index (χ3v) is 3.31. The summed E-state index contributed by atoms with van der Waals surface area (Å²) in [6.45, 7) is 0. The Hall–Kier alpha value is -2.88. The van der Waals surface area contributed by atoms with E-state index in [0.29, 0.717) is 16.7 Å². The van der Waals surface area contributed by atoms with Gasteiger partial charge in [0.15, 0.2) is 11.6 Å². The molecule has 3 aromatic rings. The monoisotopic (exact) mass is 296 g/mol. The highest BCUT2D eigenvalue weighted by atomic mass is 19.1. The Labute approximate surface area is 126 Å². The Morgan fingerprint density at radius 2 is 1.73 bits per heavy atom. The number of esters is 1. The maximum absolute atomic E-state index is 14.1. The number of methoxy groups -OCH3 is 1. The SMILES string of the molecule is COc1ccc2cc(OC(=O)c3ccccc3)c(F)cc2c1. The van der Waals surface area contributed by atoms with Crippen LogP contribution in [0.25, 0.3) is 10.8 Å². The van der Waals surface area contributed by atoms with Crippen LogP contribution in [0.5, 0.6) is 11.5 Å². The number of fused-ring (bicyclic) bond motifs is 1. The van der Waals surface area contributed by atoms with Gasteiger partial charge >= 0.3 is 5.97 Å². The van der Waals surface area contributed by atoms with E-state index in [2.05, 4.69) is 0 Å². The molecule has 0 amide bonds. The van der Waals surface area contributed by atoms with E-state index in [1.165, 1.54) is 12.1 Å². The van der Waals surface area contributed by atoms with Crippen LogP contribution in [-0.4, -0.2) is 13.1 Å². The fourth-order valence-corrected chi connectivity index (χ4v) is 2.17. The molecular weight excluding hydrogens is 283 g/mol. The van der Waals surface area contributed by atoms with E-state index >= 15 is 0 Å². The van der Waals surface area contributed by atoms with Crippen LogP contribution in [0.15, 0.2) is 60.7 Å². The zero-order chi connectivity index (χ0) is 15.5.